The van der Waals surface area contributed by atoms with Crippen LogP contribution in [0.5, 0.6) is 0 Å². The molecular weight excluding hydrogens is 341 g/mol. The summed E-state index contributed by atoms with van der Waals surface area (Å²) in [5.74, 6) is 0.596. The summed E-state index contributed by atoms with van der Waals surface area (Å²) >= 11 is 0. The largest absolute Gasteiger partial charge is 0.416 e. The Balaban J connectivity index is 0.00000208. The van der Waals surface area contributed by atoms with Gasteiger partial charge in [0.15, 0.2) is 0 Å². The van der Waals surface area contributed by atoms with Crippen molar-refractivity contribution in [1.82, 2.24) is 10.2 Å². The number of likely N-dealkylation sites (tertiary alicyclic amines) is 1. The van der Waals surface area contributed by atoms with E-state index >= 15 is 0 Å². The summed E-state index contributed by atoms with van der Waals surface area (Å²) in [5.41, 5.74) is 0.244. The fraction of sp³-hybridized carbons (Fsp3) is 0.647. The van der Waals surface area contributed by atoms with Crippen molar-refractivity contribution in [3.63, 3.8) is 0 Å². The van der Waals surface area contributed by atoms with Crippen LogP contribution in [0.1, 0.15) is 36.4 Å². The van der Waals surface area contributed by atoms with Crippen LogP contribution < -0.4 is 5.32 Å². The molecule has 136 valence electrons. The maximum absolute atomic E-state index is 12.7. The highest BCUT2D eigenvalue weighted by Crippen LogP contribution is 2.36. The van der Waals surface area contributed by atoms with Crippen molar-refractivity contribution in [3.8, 4) is 0 Å². The molecule has 0 saturated carbocycles. The molecule has 2 aliphatic rings. The Hall–Kier alpha value is -0.820. The van der Waals surface area contributed by atoms with E-state index in [1.807, 2.05) is 0 Å². The van der Waals surface area contributed by atoms with Crippen LogP contribution in [-0.2, 0) is 6.18 Å². The van der Waals surface area contributed by atoms with Gasteiger partial charge in [0.05, 0.1) is 11.7 Å². The number of aliphatic hydroxyl groups is 1. The quantitative estimate of drug-likeness (QED) is 0.864. The predicted molar refractivity (Wildman–Crippen MR) is 89.2 cm³/mol. The van der Waals surface area contributed by atoms with Crippen molar-refractivity contribution < 1.29 is 18.3 Å². The van der Waals surface area contributed by atoms with Crippen molar-refractivity contribution >= 4 is 12.4 Å². The lowest BCUT2D eigenvalue weighted by Gasteiger charge is -2.31. The molecule has 0 aromatic heterocycles. The molecule has 2 fully saturated rings. The molecule has 0 amide bonds. The number of rotatable bonds is 3. The van der Waals surface area contributed by atoms with Crippen molar-refractivity contribution in [2.24, 2.45) is 5.92 Å². The van der Waals surface area contributed by atoms with Crippen LogP contribution in [-0.4, -0.2) is 42.3 Å². The van der Waals surface area contributed by atoms with E-state index in [9.17, 15) is 18.3 Å². The summed E-state index contributed by atoms with van der Waals surface area (Å²) in [7, 11) is 0. The zero-order valence-corrected chi connectivity index (χ0v) is 14.2. The topological polar surface area (TPSA) is 35.5 Å². The highest BCUT2D eigenvalue weighted by Gasteiger charge is 2.35. The average molecular weight is 365 g/mol. The molecule has 2 aliphatic heterocycles. The third-order valence-corrected chi connectivity index (χ3v) is 4.96. The minimum atomic E-state index is -4.30. The first-order chi connectivity index (χ1) is 10.9. The van der Waals surface area contributed by atoms with Crippen LogP contribution in [0.4, 0.5) is 13.2 Å². The highest BCUT2D eigenvalue weighted by molar-refractivity contribution is 5.85. The number of nitrogens with one attached hydrogen (secondary N) is 1. The van der Waals surface area contributed by atoms with E-state index in [1.165, 1.54) is 0 Å². The Morgan fingerprint density at radius 2 is 1.75 bits per heavy atom. The third kappa shape index (κ3) is 4.63. The van der Waals surface area contributed by atoms with Crippen LogP contribution in [0.3, 0.4) is 0 Å². The molecule has 7 heteroatoms. The maximum atomic E-state index is 12.7. The number of β-amino-alcohol motifs (C(OH)–C–C–N with tert-alkyl or cyclic N) is 1. The van der Waals surface area contributed by atoms with E-state index in [1.54, 1.807) is 12.1 Å². The molecule has 0 bridgehead atoms. The first-order valence-corrected chi connectivity index (χ1v) is 8.23. The molecular formula is C17H24ClF3N2O. The molecule has 2 N–H and O–H groups in total. The minimum Gasteiger partial charge on any atom is -0.392 e. The second-order valence-corrected chi connectivity index (χ2v) is 6.67. The lowest BCUT2D eigenvalue weighted by Crippen LogP contribution is -2.36. The summed E-state index contributed by atoms with van der Waals surface area (Å²) in [6, 6.07) is 5.41. The number of piperidine rings is 1. The summed E-state index contributed by atoms with van der Waals surface area (Å²) < 4.78 is 38.1. The van der Waals surface area contributed by atoms with Crippen molar-refractivity contribution in [2.45, 2.75) is 37.6 Å². The molecule has 0 spiro atoms. The van der Waals surface area contributed by atoms with E-state index in [4.69, 9.17) is 0 Å². The van der Waals surface area contributed by atoms with Crippen LogP contribution in [0, 0.1) is 5.92 Å². The summed E-state index contributed by atoms with van der Waals surface area (Å²) in [6.45, 7) is 3.55. The van der Waals surface area contributed by atoms with E-state index in [0.717, 1.165) is 50.2 Å². The molecule has 2 saturated heterocycles. The number of hydrogen-bond donors (Lipinski definition) is 2. The normalized spacial score (nSPS) is 26.3. The Labute approximate surface area is 146 Å². The SMILES string of the molecule is Cl.OC1CC(c2ccc(C(F)(F)F)cc2)N(CC2CCNCC2)C1. The number of aliphatic hydroxyl groups excluding tert-OH is 1. The number of hydrogen-bond acceptors (Lipinski definition) is 3. The van der Waals surface area contributed by atoms with Gasteiger partial charge in [0.2, 0.25) is 0 Å². The molecule has 3 nitrogen and oxygen atoms in total. The van der Waals surface area contributed by atoms with Gasteiger partial charge < -0.3 is 10.4 Å². The minimum absolute atomic E-state index is 0. The molecule has 0 aliphatic carbocycles. The van der Waals surface area contributed by atoms with Gasteiger partial charge in [-0.05, 0) is 56.0 Å². The Kier molecular flexibility index (Phi) is 6.53. The Morgan fingerprint density at radius 1 is 1.12 bits per heavy atom. The van der Waals surface area contributed by atoms with Gasteiger partial charge in [-0.2, -0.15) is 13.2 Å². The third-order valence-electron chi connectivity index (χ3n) is 4.96. The van der Waals surface area contributed by atoms with Crippen molar-refractivity contribution in [1.29, 1.82) is 0 Å². The summed E-state index contributed by atoms with van der Waals surface area (Å²) in [4.78, 5) is 2.24. The second kappa shape index (κ2) is 8.04. The van der Waals surface area contributed by atoms with Gasteiger partial charge in [0.25, 0.3) is 0 Å². The van der Waals surface area contributed by atoms with Gasteiger partial charge in [0, 0.05) is 19.1 Å². The van der Waals surface area contributed by atoms with E-state index in [2.05, 4.69) is 10.2 Å². The molecule has 0 radical (unpaired) electrons. The number of benzene rings is 1. The summed E-state index contributed by atoms with van der Waals surface area (Å²) in [6.07, 6.45) is -1.87. The number of halogens is 4. The van der Waals surface area contributed by atoms with Gasteiger partial charge in [-0.3, -0.25) is 4.90 Å². The lowest BCUT2D eigenvalue weighted by molar-refractivity contribution is -0.137. The van der Waals surface area contributed by atoms with Gasteiger partial charge in [-0.15, -0.1) is 12.4 Å². The zero-order valence-electron chi connectivity index (χ0n) is 13.4. The smallest absolute Gasteiger partial charge is 0.392 e. The fourth-order valence-corrected chi connectivity index (χ4v) is 3.72. The molecule has 1 aromatic carbocycles. The molecule has 24 heavy (non-hydrogen) atoms. The highest BCUT2D eigenvalue weighted by atomic mass is 35.5. The standard InChI is InChI=1S/C17H23F3N2O.ClH/c18-17(19,20)14-3-1-13(2-4-14)16-9-15(23)11-22(16)10-12-5-7-21-8-6-12;/h1-4,12,15-16,21,23H,5-11H2;1H. The van der Waals surface area contributed by atoms with Crippen LogP contribution in [0.2, 0.25) is 0 Å². The molecule has 2 atom stereocenters. The van der Waals surface area contributed by atoms with Crippen molar-refractivity contribution in [2.75, 3.05) is 26.2 Å². The zero-order chi connectivity index (χ0) is 16.4. The van der Waals surface area contributed by atoms with E-state index in [0.29, 0.717) is 18.9 Å². The van der Waals surface area contributed by atoms with E-state index < -0.39 is 17.8 Å². The molecule has 1 aromatic rings. The maximum Gasteiger partial charge on any atom is 0.416 e. The first kappa shape index (κ1) is 19.5. The van der Waals surface area contributed by atoms with Gasteiger partial charge in [-0.1, -0.05) is 12.1 Å². The van der Waals surface area contributed by atoms with Gasteiger partial charge in [-0.25, -0.2) is 0 Å². The number of alkyl halides is 3. The molecule has 3 rings (SSSR count). The fourth-order valence-electron chi connectivity index (χ4n) is 3.72. The summed E-state index contributed by atoms with van der Waals surface area (Å²) in [5, 5.41) is 13.3. The Morgan fingerprint density at radius 3 is 2.33 bits per heavy atom. The monoisotopic (exact) mass is 364 g/mol. The van der Waals surface area contributed by atoms with Crippen LogP contribution >= 0.6 is 12.4 Å². The number of nitrogens with zero attached hydrogens (tertiary/aromatic N) is 1. The molecule has 2 unspecified atom stereocenters. The van der Waals surface area contributed by atoms with Crippen LogP contribution in [0.15, 0.2) is 24.3 Å². The predicted octanol–water partition coefficient (Wildman–Crippen LogP) is 3.23. The van der Waals surface area contributed by atoms with Crippen LogP contribution in [0.25, 0.3) is 0 Å². The first-order valence-electron chi connectivity index (χ1n) is 8.23. The van der Waals surface area contributed by atoms with Crippen molar-refractivity contribution in [3.05, 3.63) is 35.4 Å². The Bertz CT molecular complexity index is 518. The second-order valence-electron chi connectivity index (χ2n) is 6.67. The molecule has 2 heterocycles. The lowest BCUT2D eigenvalue weighted by atomic mass is 9.96. The van der Waals surface area contributed by atoms with E-state index in [-0.39, 0.29) is 18.4 Å². The van der Waals surface area contributed by atoms with Gasteiger partial charge >= 0.3 is 6.18 Å². The average Bonchev–Trinajstić information content (AvgIpc) is 2.88. The van der Waals surface area contributed by atoms with Gasteiger partial charge in [0.1, 0.15) is 0 Å².